The number of aryl methyl sites for hydroxylation is 2. The third-order valence-corrected chi connectivity index (χ3v) is 6.28. The number of aromatic nitrogens is 3. The highest BCUT2D eigenvalue weighted by molar-refractivity contribution is 5.90. The van der Waals surface area contributed by atoms with Crippen LogP contribution in [0.4, 0.5) is 13.2 Å². The maximum Gasteiger partial charge on any atom is 0.291 e. The number of carbonyl (C=O) groups excluding carboxylic acids is 1. The number of halogens is 3. The Hall–Kier alpha value is -4.02. The van der Waals surface area contributed by atoms with Crippen molar-refractivity contribution in [3.05, 3.63) is 113 Å². The van der Waals surface area contributed by atoms with Crippen LogP contribution < -0.4 is 10.6 Å². The Balaban J connectivity index is 1.49. The molecule has 3 N–H and O–H groups in total. The summed E-state index contributed by atoms with van der Waals surface area (Å²) in [5, 5.41) is 21.1. The van der Waals surface area contributed by atoms with Crippen molar-refractivity contribution >= 4 is 5.91 Å². The molecule has 0 aliphatic heterocycles. The molecule has 10 heteroatoms. The van der Waals surface area contributed by atoms with Crippen LogP contribution in [0.2, 0.25) is 0 Å². The molecule has 1 heterocycles. The van der Waals surface area contributed by atoms with Gasteiger partial charge in [-0.3, -0.25) is 4.79 Å². The highest BCUT2D eigenvalue weighted by Gasteiger charge is 2.25. The van der Waals surface area contributed by atoms with Gasteiger partial charge in [0.1, 0.15) is 23.3 Å². The monoisotopic (exact) mass is 537 g/mol. The maximum atomic E-state index is 13.8. The first-order valence-electron chi connectivity index (χ1n) is 12.6. The van der Waals surface area contributed by atoms with Crippen LogP contribution in [0.15, 0.2) is 66.7 Å². The number of hydrogen-bond donors (Lipinski definition) is 3. The molecular formula is C29H30F3N5O2. The van der Waals surface area contributed by atoms with Crippen molar-refractivity contribution in [1.82, 2.24) is 25.4 Å². The first kappa shape index (κ1) is 28.0. The fraction of sp³-hybridized carbons (Fsp3) is 0.276. The van der Waals surface area contributed by atoms with E-state index in [2.05, 4.69) is 33.7 Å². The molecule has 4 aromatic rings. The van der Waals surface area contributed by atoms with Crippen LogP contribution in [-0.4, -0.2) is 44.5 Å². The van der Waals surface area contributed by atoms with Crippen molar-refractivity contribution in [3.63, 3.8) is 0 Å². The van der Waals surface area contributed by atoms with Crippen molar-refractivity contribution in [3.8, 4) is 5.69 Å². The summed E-state index contributed by atoms with van der Waals surface area (Å²) in [4.78, 5) is 17.3. The Morgan fingerprint density at radius 1 is 0.949 bits per heavy atom. The second-order valence-corrected chi connectivity index (χ2v) is 9.30. The molecule has 204 valence electrons. The number of aliphatic hydroxyl groups excluding tert-OH is 1. The Bertz CT molecular complexity index is 1400. The van der Waals surface area contributed by atoms with Crippen molar-refractivity contribution in [2.75, 3.05) is 6.54 Å². The van der Waals surface area contributed by atoms with Crippen LogP contribution in [0.3, 0.4) is 0 Å². The predicted molar refractivity (Wildman–Crippen MR) is 141 cm³/mol. The lowest BCUT2D eigenvalue weighted by Crippen LogP contribution is -2.49. The molecule has 7 nitrogen and oxygen atoms in total. The van der Waals surface area contributed by atoms with Gasteiger partial charge in [0.25, 0.3) is 5.91 Å². The summed E-state index contributed by atoms with van der Waals surface area (Å²) in [6.45, 7) is 4.31. The lowest BCUT2D eigenvalue weighted by atomic mass is 10.0. The molecule has 39 heavy (non-hydrogen) atoms. The average Bonchev–Trinajstić information content (AvgIpc) is 3.30. The lowest BCUT2D eigenvalue weighted by Gasteiger charge is -2.24. The van der Waals surface area contributed by atoms with E-state index in [1.54, 1.807) is 6.92 Å². The molecule has 2 unspecified atom stereocenters. The third kappa shape index (κ3) is 7.52. The zero-order valence-electron chi connectivity index (χ0n) is 21.7. The van der Waals surface area contributed by atoms with Gasteiger partial charge in [0.05, 0.1) is 17.8 Å². The first-order chi connectivity index (χ1) is 18.7. The van der Waals surface area contributed by atoms with Gasteiger partial charge in [-0.2, -0.15) is 0 Å². The Morgan fingerprint density at radius 2 is 1.64 bits per heavy atom. The van der Waals surface area contributed by atoms with Crippen LogP contribution in [-0.2, 0) is 19.4 Å². The molecule has 0 aliphatic carbocycles. The van der Waals surface area contributed by atoms with Crippen molar-refractivity contribution in [2.45, 2.75) is 45.4 Å². The van der Waals surface area contributed by atoms with Crippen LogP contribution in [0.1, 0.15) is 40.1 Å². The standard InChI is InChI=1S/C29H30F3N5O2/c1-3-19-5-4-6-20(11-19)16-33-17-27(38)26(14-21-12-23(31)15-24(32)13-21)35-29(39)28-34-18(2)37(36-28)25-9-7-22(30)8-10-25/h4-13,15,26-27,33,38H,3,14,16-17H2,1-2H3,(H,35,39). The molecule has 0 fully saturated rings. The molecule has 2 atom stereocenters. The van der Waals surface area contributed by atoms with E-state index >= 15 is 0 Å². The van der Waals surface area contributed by atoms with Crippen LogP contribution in [0, 0.1) is 24.4 Å². The average molecular weight is 538 g/mol. The van der Waals surface area contributed by atoms with Gasteiger partial charge in [-0.1, -0.05) is 31.2 Å². The van der Waals surface area contributed by atoms with Gasteiger partial charge in [-0.05, 0) is 72.9 Å². The summed E-state index contributed by atoms with van der Waals surface area (Å²) in [6.07, 6.45) is -0.235. The zero-order chi connectivity index (χ0) is 27.9. The largest absolute Gasteiger partial charge is 0.390 e. The first-order valence-corrected chi connectivity index (χ1v) is 12.6. The Morgan fingerprint density at radius 3 is 2.33 bits per heavy atom. The van der Waals surface area contributed by atoms with E-state index in [9.17, 15) is 23.1 Å². The number of rotatable bonds is 11. The van der Waals surface area contributed by atoms with Crippen molar-refractivity contribution in [2.24, 2.45) is 0 Å². The number of carbonyl (C=O) groups is 1. The van der Waals surface area contributed by atoms with E-state index in [1.165, 1.54) is 34.5 Å². The van der Waals surface area contributed by atoms with E-state index in [-0.39, 0.29) is 24.4 Å². The molecule has 1 aromatic heterocycles. The minimum Gasteiger partial charge on any atom is -0.390 e. The van der Waals surface area contributed by atoms with Crippen LogP contribution in [0.25, 0.3) is 5.69 Å². The molecule has 4 rings (SSSR count). The minimum atomic E-state index is -1.10. The highest BCUT2D eigenvalue weighted by Crippen LogP contribution is 2.14. The topological polar surface area (TPSA) is 92.1 Å². The second-order valence-electron chi connectivity index (χ2n) is 9.30. The van der Waals surface area contributed by atoms with Gasteiger partial charge in [0, 0.05) is 19.2 Å². The normalized spacial score (nSPS) is 12.8. The van der Waals surface area contributed by atoms with E-state index in [0.29, 0.717) is 18.1 Å². The van der Waals surface area contributed by atoms with Gasteiger partial charge in [0.2, 0.25) is 5.82 Å². The molecule has 1 amide bonds. The Labute approximate surface area is 224 Å². The van der Waals surface area contributed by atoms with E-state index < -0.39 is 35.5 Å². The van der Waals surface area contributed by atoms with E-state index in [1.807, 2.05) is 18.2 Å². The molecule has 0 spiro atoms. The molecule has 0 aliphatic rings. The van der Waals surface area contributed by atoms with Gasteiger partial charge < -0.3 is 15.7 Å². The third-order valence-electron chi connectivity index (χ3n) is 6.28. The number of aliphatic hydroxyl groups is 1. The molecule has 0 radical (unpaired) electrons. The molecular weight excluding hydrogens is 507 g/mol. The fourth-order valence-electron chi connectivity index (χ4n) is 4.28. The fourth-order valence-corrected chi connectivity index (χ4v) is 4.28. The van der Waals surface area contributed by atoms with E-state index in [4.69, 9.17) is 0 Å². The summed E-state index contributed by atoms with van der Waals surface area (Å²) in [5.41, 5.74) is 3.02. The van der Waals surface area contributed by atoms with Crippen molar-refractivity contribution < 1.29 is 23.1 Å². The van der Waals surface area contributed by atoms with Crippen molar-refractivity contribution in [1.29, 1.82) is 0 Å². The van der Waals surface area contributed by atoms with E-state index in [0.717, 1.165) is 30.2 Å². The molecule has 0 saturated carbocycles. The smallest absolute Gasteiger partial charge is 0.291 e. The van der Waals surface area contributed by atoms with Gasteiger partial charge in [-0.25, -0.2) is 22.8 Å². The summed E-state index contributed by atoms with van der Waals surface area (Å²) >= 11 is 0. The number of hydrogen-bond acceptors (Lipinski definition) is 5. The summed E-state index contributed by atoms with van der Waals surface area (Å²) in [5.74, 6) is -2.36. The number of nitrogens with one attached hydrogen (secondary N) is 2. The number of amides is 1. The number of nitrogens with zero attached hydrogens (tertiary/aromatic N) is 3. The SMILES string of the molecule is CCc1cccc(CNCC(O)C(Cc2cc(F)cc(F)c2)NC(=O)c2nc(C)n(-c3ccc(F)cc3)n2)c1. The quantitative estimate of drug-likeness (QED) is 0.269. The predicted octanol–water partition coefficient (Wildman–Crippen LogP) is 4.05. The van der Waals surface area contributed by atoms with Gasteiger partial charge >= 0.3 is 0 Å². The number of benzene rings is 3. The Kier molecular flexibility index (Phi) is 9.11. The van der Waals surface area contributed by atoms with Gasteiger partial charge in [0.15, 0.2) is 0 Å². The maximum absolute atomic E-state index is 13.8. The second kappa shape index (κ2) is 12.7. The van der Waals surface area contributed by atoms with Crippen LogP contribution in [0.5, 0.6) is 0 Å². The zero-order valence-corrected chi connectivity index (χ0v) is 21.7. The van der Waals surface area contributed by atoms with Gasteiger partial charge in [-0.15, -0.1) is 5.10 Å². The summed E-state index contributed by atoms with van der Waals surface area (Å²) in [6, 6.07) is 15.8. The lowest BCUT2D eigenvalue weighted by molar-refractivity contribution is 0.0820. The summed E-state index contributed by atoms with van der Waals surface area (Å²) in [7, 11) is 0. The summed E-state index contributed by atoms with van der Waals surface area (Å²) < 4.78 is 42.4. The molecule has 3 aromatic carbocycles. The molecule has 0 saturated heterocycles. The minimum absolute atomic E-state index is 0.0355. The van der Waals surface area contributed by atoms with Crippen LogP contribution >= 0.6 is 0 Å². The molecule has 0 bridgehead atoms. The highest BCUT2D eigenvalue weighted by atomic mass is 19.1.